The summed E-state index contributed by atoms with van der Waals surface area (Å²) in [5.74, 6) is -0.358. The largest absolute Gasteiger partial charge is 0.480 e. The molecule has 4 heteroatoms. The second-order valence-electron chi connectivity index (χ2n) is 2.84. The molecule has 0 aliphatic rings. The molecule has 0 unspecified atom stereocenters. The summed E-state index contributed by atoms with van der Waals surface area (Å²) >= 11 is 1.35. The van der Waals surface area contributed by atoms with Gasteiger partial charge in [-0.3, -0.25) is 9.52 Å². The van der Waals surface area contributed by atoms with Gasteiger partial charge in [-0.1, -0.05) is 25.8 Å². The highest BCUT2D eigenvalue weighted by atomic mass is 32.2. The molecule has 0 rings (SSSR count). The number of carbonyl (C=O) groups is 1. The number of carboxylic acid groups (broad SMARTS) is 1. The lowest BCUT2D eigenvalue weighted by Crippen LogP contribution is -2.33. The van der Waals surface area contributed by atoms with Crippen molar-refractivity contribution in [2.24, 2.45) is 5.92 Å². The molecule has 11 heavy (non-hydrogen) atoms. The highest BCUT2D eigenvalue weighted by Crippen LogP contribution is 2.06. The Balaban J connectivity index is 3.79. The van der Waals surface area contributed by atoms with Crippen molar-refractivity contribution in [3.8, 4) is 0 Å². The third kappa shape index (κ3) is 5.09. The van der Waals surface area contributed by atoms with Gasteiger partial charge in [-0.25, -0.2) is 0 Å². The summed E-state index contributed by atoms with van der Waals surface area (Å²) in [6.07, 6.45) is 2.51. The van der Waals surface area contributed by atoms with Gasteiger partial charge in [-0.2, -0.15) is 0 Å². The molecule has 1 atom stereocenters. The minimum Gasteiger partial charge on any atom is -0.480 e. The zero-order valence-corrected chi connectivity index (χ0v) is 7.94. The molecule has 3 nitrogen and oxygen atoms in total. The maximum Gasteiger partial charge on any atom is 0.321 e. The molecule has 0 aromatic carbocycles. The van der Waals surface area contributed by atoms with Gasteiger partial charge in [0.1, 0.15) is 6.04 Å². The fourth-order valence-electron chi connectivity index (χ4n) is 0.813. The van der Waals surface area contributed by atoms with Gasteiger partial charge in [0, 0.05) is 0 Å². The average Bonchev–Trinajstić information content (AvgIpc) is 1.86. The van der Waals surface area contributed by atoms with Crippen molar-refractivity contribution in [3.63, 3.8) is 0 Å². The standard InChI is InChI=1S/C7H15NO2S/c1-5(2)4-6(7(9)10)8-11-3/h5-6,8H,4H2,1-3H3,(H,9,10)/t6-/m0/s1. The van der Waals surface area contributed by atoms with Gasteiger partial charge >= 0.3 is 5.97 Å². The van der Waals surface area contributed by atoms with E-state index in [0.717, 1.165) is 0 Å². The van der Waals surface area contributed by atoms with E-state index >= 15 is 0 Å². The highest BCUT2D eigenvalue weighted by Gasteiger charge is 2.16. The molecule has 66 valence electrons. The van der Waals surface area contributed by atoms with Crippen LogP contribution >= 0.6 is 11.9 Å². The van der Waals surface area contributed by atoms with Crippen LogP contribution in [0.1, 0.15) is 20.3 Å². The third-order valence-corrected chi connectivity index (χ3v) is 1.79. The van der Waals surface area contributed by atoms with Crippen LogP contribution in [-0.2, 0) is 4.79 Å². The van der Waals surface area contributed by atoms with Gasteiger partial charge < -0.3 is 5.11 Å². The van der Waals surface area contributed by atoms with Crippen LogP contribution in [0.4, 0.5) is 0 Å². The predicted octanol–water partition coefficient (Wildman–Crippen LogP) is 1.35. The SMILES string of the molecule is CSN[C@@H](CC(C)C)C(=O)O. The molecule has 0 aliphatic heterocycles. The molecule has 0 heterocycles. The van der Waals surface area contributed by atoms with E-state index in [1.165, 1.54) is 11.9 Å². The van der Waals surface area contributed by atoms with Crippen LogP contribution in [0.3, 0.4) is 0 Å². The van der Waals surface area contributed by atoms with Crippen molar-refractivity contribution < 1.29 is 9.90 Å². The van der Waals surface area contributed by atoms with Gasteiger partial charge in [-0.15, -0.1) is 0 Å². The predicted molar refractivity (Wildman–Crippen MR) is 47.5 cm³/mol. The molecule has 0 aromatic rings. The normalized spacial score (nSPS) is 13.5. The fourth-order valence-corrected chi connectivity index (χ4v) is 1.29. The lowest BCUT2D eigenvalue weighted by molar-refractivity contribution is -0.139. The Morgan fingerprint density at radius 1 is 1.64 bits per heavy atom. The minimum atomic E-state index is -0.770. The minimum absolute atomic E-state index is 0.412. The summed E-state index contributed by atoms with van der Waals surface area (Å²) in [6, 6.07) is -0.412. The number of rotatable bonds is 5. The summed E-state index contributed by atoms with van der Waals surface area (Å²) in [4.78, 5) is 10.5. The van der Waals surface area contributed by atoms with E-state index in [9.17, 15) is 4.79 Å². The lowest BCUT2D eigenvalue weighted by Gasteiger charge is -2.13. The van der Waals surface area contributed by atoms with Crippen LogP contribution < -0.4 is 4.72 Å². The molecule has 0 spiro atoms. The first-order chi connectivity index (χ1) is 5.07. The second-order valence-corrected chi connectivity index (χ2v) is 3.49. The zero-order chi connectivity index (χ0) is 8.85. The van der Waals surface area contributed by atoms with Crippen LogP contribution in [0.25, 0.3) is 0 Å². The Kier molecular flexibility index (Phi) is 5.32. The van der Waals surface area contributed by atoms with Gasteiger partial charge in [0.25, 0.3) is 0 Å². The second kappa shape index (κ2) is 5.43. The third-order valence-electron chi connectivity index (χ3n) is 1.27. The molecule has 0 aliphatic carbocycles. The van der Waals surface area contributed by atoms with Gasteiger partial charge in [-0.05, 0) is 18.6 Å². The van der Waals surface area contributed by atoms with Crippen LogP contribution in [-0.4, -0.2) is 23.4 Å². The molecular formula is C7H15NO2S. The molecular weight excluding hydrogens is 162 g/mol. The monoisotopic (exact) mass is 177 g/mol. The van der Waals surface area contributed by atoms with E-state index in [4.69, 9.17) is 5.11 Å². The van der Waals surface area contributed by atoms with Crippen molar-refractivity contribution in [1.29, 1.82) is 0 Å². The molecule has 0 radical (unpaired) electrons. The average molecular weight is 177 g/mol. The first-order valence-electron chi connectivity index (χ1n) is 3.59. The molecule has 0 saturated carbocycles. The Morgan fingerprint density at radius 2 is 2.18 bits per heavy atom. The summed E-state index contributed by atoms with van der Waals surface area (Å²) in [5.41, 5.74) is 0. The summed E-state index contributed by atoms with van der Waals surface area (Å²) in [6.45, 7) is 4.02. The Morgan fingerprint density at radius 3 is 2.45 bits per heavy atom. The molecule has 0 bridgehead atoms. The molecule has 0 aromatic heterocycles. The van der Waals surface area contributed by atoms with Crippen molar-refractivity contribution in [2.45, 2.75) is 26.3 Å². The first-order valence-corrected chi connectivity index (χ1v) is 4.81. The van der Waals surface area contributed by atoms with E-state index in [2.05, 4.69) is 4.72 Å². The van der Waals surface area contributed by atoms with E-state index < -0.39 is 12.0 Å². The molecule has 0 saturated heterocycles. The van der Waals surface area contributed by atoms with E-state index in [1.54, 1.807) is 0 Å². The van der Waals surface area contributed by atoms with Crippen molar-refractivity contribution in [1.82, 2.24) is 4.72 Å². The maximum absolute atomic E-state index is 10.5. The molecule has 0 fully saturated rings. The van der Waals surface area contributed by atoms with Gasteiger partial charge in [0.2, 0.25) is 0 Å². The van der Waals surface area contributed by atoms with Crippen molar-refractivity contribution in [2.75, 3.05) is 6.26 Å². The molecule has 2 N–H and O–H groups in total. The van der Waals surface area contributed by atoms with Crippen molar-refractivity contribution >= 4 is 17.9 Å². The van der Waals surface area contributed by atoms with E-state index in [0.29, 0.717) is 12.3 Å². The fraction of sp³-hybridized carbons (Fsp3) is 0.857. The zero-order valence-electron chi connectivity index (χ0n) is 7.13. The van der Waals surface area contributed by atoms with Gasteiger partial charge in [0.15, 0.2) is 0 Å². The highest BCUT2D eigenvalue weighted by molar-refractivity contribution is 7.96. The molecule has 0 amide bonds. The van der Waals surface area contributed by atoms with Crippen LogP contribution in [0.15, 0.2) is 0 Å². The number of carboxylic acids is 1. The summed E-state index contributed by atoms with van der Waals surface area (Å²) in [5, 5.41) is 8.68. The lowest BCUT2D eigenvalue weighted by atomic mass is 10.1. The topological polar surface area (TPSA) is 49.3 Å². The quantitative estimate of drug-likeness (QED) is 0.622. The maximum atomic E-state index is 10.5. The number of nitrogens with one attached hydrogen (secondary N) is 1. The van der Waals surface area contributed by atoms with Gasteiger partial charge in [0.05, 0.1) is 0 Å². The van der Waals surface area contributed by atoms with Crippen molar-refractivity contribution in [3.05, 3.63) is 0 Å². The summed E-state index contributed by atoms with van der Waals surface area (Å²) in [7, 11) is 0. The smallest absolute Gasteiger partial charge is 0.321 e. The number of aliphatic carboxylic acids is 1. The van der Waals surface area contributed by atoms with Crippen LogP contribution in [0.2, 0.25) is 0 Å². The van der Waals surface area contributed by atoms with Crippen LogP contribution in [0.5, 0.6) is 0 Å². The Hall–Kier alpha value is -0.220. The van der Waals surface area contributed by atoms with E-state index in [-0.39, 0.29) is 0 Å². The Labute approximate surface area is 71.7 Å². The van der Waals surface area contributed by atoms with Crippen LogP contribution in [0, 0.1) is 5.92 Å². The summed E-state index contributed by atoms with van der Waals surface area (Å²) < 4.78 is 2.83. The Bertz CT molecular complexity index is 128. The number of hydrogen-bond donors (Lipinski definition) is 2. The number of hydrogen-bond acceptors (Lipinski definition) is 3. The van der Waals surface area contributed by atoms with E-state index in [1.807, 2.05) is 20.1 Å². The first kappa shape index (κ1) is 10.8.